The van der Waals surface area contributed by atoms with E-state index in [0.29, 0.717) is 0 Å². The molecular weight excluding hydrogens is 198 g/mol. The van der Waals surface area contributed by atoms with Gasteiger partial charge in [-0.1, -0.05) is 44.2 Å². The van der Waals surface area contributed by atoms with Crippen molar-refractivity contribution in [3.05, 3.63) is 42.5 Å². The van der Waals surface area contributed by atoms with E-state index in [1.807, 2.05) is 50.2 Å². The van der Waals surface area contributed by atoms with Crippen LogP contribution in [0.25, 0.3) is 10.8 Å². The Morgan fingerprint density at radius 2 is 1.75 bits per heavy atom. The summed E-state index contributed by atoms with van der Waals surface area (Å²) >= 11 is 0. The van der Waals surface area contributed by atoms with E-state index < -0.39 is 0 Å². The maximum Gasteiger partial charge on any atom is 0.226 e. The number of carbonyl (C=O) groups excluding carboxylic acids is 1. The molecule has 0 aliphatic carbocycles. The molecule has 2 aromatic rings. The van der Waals surface area contributed by atoms with Gasteiger partial charge in [-0.15, -0.1) is 0 Å². The molecule has 1 N–H and O–H groups in total. The van der Waals surface area contributed by atoms with Crippen molar-refractivity contribution in [1.29, 1.82) is 0 Å². The highest BCUT2D eigenvalue weighted by Gasteiger charge is 2.06. The van der Waals surface area contributed by atoms with Crippen LogP contribution < -0.4 is 5.32 Å². The quantitative estimate of drug-likeness (QED) is 0.813. The Balaban J connectivity index is 2.29. The number of amides is 1. The van der Waals surface area contributed by atoms with E-state index >= 15 is 0 Å². The van der Waals surface area contributed by atoms with Crippen LogP contribution in [0.2, 0.25) is 0 Å². The molecule has 0 fully saturated rings. The van der Waals surface area contributed by atoms with Gasteiger partial charge in [-0.3, -0.25) is 4.79 Å². The second-order valence-corrected chi connectivity index (χ2v) is 4.21. The highest BCUT2D eigenvalue weighted by molar-refractivity contribution is 5.95. The summed E-state index contributed by atoms with van der Waals surface area (Å²) in [5, 5.41) is 5.22. The maximum absolute atomic E-state index is 11.5. The number of hydrogen-bond donors (Lipinski definition) is 1. The fourth-order valence-corrected chi connectivity index (χ4v) is 1.55. The second kappa shape index (κ2) is 4.35. The third-order valence-electron chi connectivity index (χ3n) is 2.54. The zero-order chi connectivity index (χ0) is 11.5. The Kier molecular flexibility index (Phi) is 2.91. The Hall–Kier alpha value is -1.83. The van der Waals surface area contributed by atoms with Crippen molar-refractivity contribution in [3.8, 4) is 0 Å². The van der Waals surface area contributed by atoms with Gasteiger partial charge in [0.05, 0.1) is 0 Å². The zero-order valence-electron chi connectivity index (χ0n) is 9.53. The maximum atomic E-state index is 11.5. The number of fused-ring (bicyclic) bond motifs is 1. The van der Waals surface area contributed by atoms with Crippen molar-refractivity contribution in [2.75, 3.05) is 5.32 Å². The Labute approximate surface area is 95.3 Å². The smallest absolute Gasteiger partial charge is 0.226 e. The predicted molar refractivity (Wildman–Crippen MR) is 67.4 cm³/mol. The number of anilines is 1. The summed E-state index contributed by atoms with van der Waals surface area (Å²) in [5.74, 6) is 0.0572. The average Bonchev–Trinajstić information content (AvgIpc) is 2.28. The molecule has 16 heavy (non-hydrogen) atoms. The first-order chi connectivity index (χ1) is 7.66. The van der Waals surface area contributed by atoms with Crippen molar-refractivity contribution in [2.24, 2.45) is 5.92 Å². The van der Waals surface area contributed by atoms with Crippen LogP contribution >= 0.6 is 0 Å². The molecule has 2 heteroatoms. The van der Waals surface area contributed by atoms with E-state index in [2.05, 4.69) is 11.4 Å². The number of nitrogens with one attached hydrogen (secondary N) is 1. The van der Waals surface area contributed by atoms with E-state index in [0.717, 1.165) is 11.1 Å². The molecule has 2 rings (SSSR count). The Morgan fingerprint density at radius 1 is 1.06 bits per heavy atom. The highest BCUT2D eigenvalue weighted by atomic mass is 16.1. The zero-order valence-corrected chi connectivity index (χ0v) is 9.53. The first-order valence-corrected chi connectivity index (χ1v) is 5.46. The van der Waals surface area contributed by atoms with E-state index in [-0.39, 0.29) is 11.8 Å². The molecule has 0 radical (unpaired) electrons. The van der Waals surface area contributed by atoms with E-state index in [1.54, 1.807) is 0 Å². The summed E-state index contributed by atoms with van der Waals surface area (Å²) in [6.07, 6.45) is 0. The molecule has 0 saturated carbocycles. The highest BCUT2D eigenvalue weighted by Crippen LogP contribution is 2.19. The SMILES string of the molecule is CC(C)C(=O)Nc1ccc2ccccc2c1. The summed E-state index contributed by atoms with van der Waals surface area (Å²) < 4.78 is 0. The topological polar surface area (TPSA) is 29.1 Å². The molecule has 2 aromatic carbocycles. The van der Waals surface area contributed by atoms with Crippen LogP contribution in [0.3, 0.4) is 0 Å². The van der Waals surface area contributed by atoms with Gasteiger partial charge in [0.2, 0.25) is 5.91 Å². The first-order valence-electron chi connectivity index (χ1n) is 5.46. The molecule has 0 unspecified atom stereocenters. The van der Waals surface area contributed by atoms with Gasteiger partial charge in [-0.2, -0.15) is 0 Å². The normalized spacial score (nSPS) is 10.7. The predicted octanol–water partition coefficient (Wildman–Crippen LogP) is 3.43. The van der Waals surface area contributed by atoms with Crippen molar-refractivity contribution >= 4 is 22.4 Å². The summed E-state index contributed by atoms with van der Waals surface area (Å²) in [6.45, 7) is 3.77. The molecule has 0 saturated heterocycles. The molecule has 0 aromatic heterocycles. The number of rotatable bonds is 2. The largest absolute Gasteiger partial charge is 0.326 e. The Morgan fingerprint density at radius 3 is 2.44 bits per heavy atom. The minimum atomic E-state index is 0.00599. The molecule has 82 valence electrons. The second-order valence-electron chi connectivity index (χ2n) is 4.21. The number of hydrogen-bond acceptors (Lipinski definition) is 1. The fourth-order valence-electron chi connectivity index (χ4n) is 1.55. The molecule has 1 amide bonds. The van der Waals surface area contributed by atoms with Crippen LogP contribution in [0.15, 0.2) is 42.5 Å². The number of carbonyl (C=O) groups is 1. The molecular formula is C14H15NO. The molecule has 0 bridgehead atoms. The lowest BCUT2D eigenvalue weighted by molar-refractivity contribution is -0.118. The minimum Gasteiger partial charge on any atom is -0.326 e. The molecule has 0 aliphatic rings. The Bertz CT molecular complexity index is 517. The van der Waals surface area contributed by atoms with Crippen molar-refractivity contribution in [3.63, 3.8) is 0 Å². The summed E-state index contributed by atoms with van der Waals surface area (Å²) in [4.78, 5) is 11.5. The molecule has 0 aliphatic heterocycles. The number of benzene rings is 2. The van der Waals surface area contributed by atoms with E-state index in [9.17, 15) is 4.79 Å². The standard InChI is InChI=1S/C14H15NO/c1-10(2)14(16)15-13-8-7-11-5-3-4-6-12(11)9-13/h3-10H,1-2H3,(H,15,16). The van der Waals surface area contributed by atoms with Gasteiger partial charge in [0.15, 0.2) is 0 Å². The van der Waals surface area contributed by atoms with Crippen LogP contribution in [-0.2, 0) is 4.79 Å². The van der Waals surface area contributed by atoms with Crippen LogP contribution in [0.4, 0.5) is 5.69 Å². The monoisotopic (exact) mass is 213 g/mol. The molecule has 0 heterocycles. The van der Waals surface area contributed by atoms with Gasteiger partial charge in [-0.25, -0.2) is 0 Å². The lowest BCUT2D eigenvalue weighted by Gasteiger charge is -2.08. The van der Waals surface area contributed by atoms with Crippen molar-refractivity contribution in [1.82, 2.24) is 0 Å². The summed E-state index contributed by atoms with van der Waals surface area (Å²) in [5.41, 5.74) is 0.859. The van der Waals surface area contributed by atoms with Crippen LogP contribution in [0, 0.1) is 5.92 Å². The van der Waals surface area contributed by atoms with Gasteiger partial charge < -0.3 is 5.32 Å². The van der Waals surface area contributed by atoms with Gasteiger partial charge in [0, 0.05) is 11.6 Å². The van der Waals surface area contributed by atoms with E-state index in [4.69, 9.17) is 0 Å². The fraction of sp³-hybridized carbons (Fsp3) is 0.214. The first kappa shape index (κ1) is 10.7. The average molecular weight is 213 g/mol. The molecule has 0 spiro atoms. The van der Waals surface area contributed by atoms with Gasteiger partial charge in [-0.05, 0) is 22.9 Å². The van der Waals surface area contributed by atoms with Crippen LogP contribution in [0.1, 0.15) is 13.8 Å². The summed E-state index contributed by atoms with van der Waals surface area (Å²) in [7, 11) is 0. The minimum absolute atomic E-state index is 0.00599. The van der Waals surface area contributed by atoms with Crippen molar-refractivity contribution in [2.45, 2.75) is 13.8 Å². The van der Waals surface area contributed by atoms with E-state index in [1.165, 1.54) is 5.39 Å². The van der Waals surface area contributed by atoms with Gasteiger partial charge in [0.25, 0.3) is 0 Å². The molecule has 2 nitrogen and oxygen atoms in total. The third-order valence-corrected chi connectivity index (χ3v) is 2.54. The van der Waals surface area contributed by atoms with Crippen LogP contribution in [-0.4, -0.2) is 5.91 Å². The van der Waals surface area contributed by atoms with Gasteiger partial charge in [0.1, 0.15) is 0 Å². The summed E-state index contributed by atoms with van der Waals surface area (Å²) in [6, 6.07) is 14.1. The third kappa shape index (κ3) is 2.22. The van der Waals surface area contributed by atoms with Gasteiger partial charge >= 0.3 is 0 Å². The van der Waals surface area contributed by atoms with Crippen molar-refractivity contribution < 1.29 is 4.79 Å². The lowest BCUT2D eigenvalue weighted by atomic mass is 10.1. The lowest BCUT2D eigenvalue weighted by Crippen LogP contribution is -2.17. The van der Waals surface area contributed by atoms with Crippen LogP contribution in [0.5, 0.6) is 0 Å². The molecule has 0 atom stereocenters.